The maximum Gasteiger partial charge on any atom is 0.340 e. The molecule has 3 aromatic rings. The minimum Gasteiger partial charge on any atom is -0.465 e. The van der Waals surface area contributed by atoms with Crippen molar-refractivity contribution in [3.8, 4) is 0 Å². The lowest BCUT2D eigenvalue weighted by molar-refractivity contribution is -0.136. The van der Waals surface area contributed by atoms with Gasteiger partial charge >= 0.3 is 5.97 Å². The number of hydrogen-bond donors (Lipinski definition) is 1. The Bertz CT molecular complexity index is 1430. The molecular formula is C26H24N2O6S. The Morgan fingerprint density at radius 1 is 1.03 bits per heavy atom. The van der Waals surface area contributed by atoms with Gasteiger partial charge in [0.25, 0.3) is 5.91 Å². The summed E-state index contributed by atoms with van der Waals surface area (Å²) in [6, 6.07) is 18.6. The van der Waals surface area contributed by atoms with Crippen molar-refractivity contribution in [1.29, 1.82) is 0 Å². The van der Waals surface area contributed by atoms with Crippen molar-refractivity contribution in [3.63, 3.8) is 0 Å². The average Bonchev–Trinajstić information content (AvgIpc) is 3.40. The van der Waals surface area contributed by atoms with Crippen LogP contribution >= 0.6 is 0 Å². The van der Waals surface area contributed by atoms with Crippen molar-refractivity contribution in [3.05, 3.63) is 101 Å². The van der Waals surface area contributed by atoms with Gasteiger partial charge in [-0.3, -0.25) is 9.69 Å². The fourth-order valence-electron chi connectivity index (χ4n) is 3.74. The number of esters is 1. The summed E-state index contributed by atoms with van der Waals surface area (Å²) in [6.07, 6.45) is 1.46. The molecule has 0 aliphatic carbocycles. The van der Waals surface area contributed by atoms with Gasteiger partial charge in [0.1, 0.15) is 11.5 Å². The van der Waals surface area contributed by atoms with Gasteiger partial charge in [0.2, 0.25) is 10.0 Å². The monoisotopic (exact) mass is 492 g/mol. The molecule has 0 spiro atoms. The first kappa shape index (κ1) is 24.2. The summed E-state index contributed by atoms with van der Waals surface area (Å²) in [5.74, 6) is -0.395. The average molecular weight is 493 g/mol. The molecule has 4 rings (SSSR count). The van der Waals surface area contributed by atoms with Gasteiger partial charge in [-0.05, 0) is 56.3 Å². The van der Waals surface area contributed by atoms with Crippen LogP contribution in [0.3, 0.4) is 0 Å². The number of sulfonamides is 1. The van der Waals surface area contributed by atoms with Gasteiger partial charge in [-0.15, -0.1) is 0 Å². The molecule has 9 heteroatoms. The number of allylic oxidation sites excluding steroid dienone is 1. The summed E-state index contributed by atoms with van der Waals surface area (Å²) in [5.41, 5.74) is 2.37. The molecule has 0 bridgehead atoms. The van der Waals surface area contributed by atoms with E-state index in [0.29, 0.717) is 22.9 Å². The summed E-state index contributed by atoms with van der Waals surface area (Å²) < 4.78 is 38.0. The highest BCUT2D eigenvalue weighted by molar-refractivity contribution is 7.89. The second-order valence-corrected chi connectivity index (χ2v) is 9.69. The SMILES string of the molecule is COC(=O)C1=C(C)N(c2ccc(C)cc2)C(=O)/C1=C/c1ccc(CNS(=O)(=O)c2ccccc2)o1. The molecule has 0 saturated carbocycles. The fourth-order valence-corrected chi connectivity index (χ4v) is 4.76. The molecule has 2 heterocycles. The smallest absolute Gasteiger partial charge is 0.340 e. The zero-order chi connectivity index (χ0) is 25.2. The molecule has 0 radical (unpaired) electrons. The summed E-state index contributed by atoms with van der Waals surface area (Å²) in [4.78, 5) is 27.5. The van der Waals surface area contributed by atoms with Crippen molar-refractivity contribution in [1.82, 2.24) is 4.72 Å². The number of carbonyl (C=O) groups is 2. The molecule has 1 aliphatic rings. The Hall–Kier alpha value is -3.95. The third-order valence-electron chi connectivity index (χ3n) is 5.54. The normalized spacial score (nSPS) is 15.2. The lowest BCUT2D eigenvalue weighted by atomic mass is 10.1. The molecule has 1 aromatic heterocycles. The molecule has 35 heavy (non-hydrogen) atoms. The molecule has 180 valence electrons. The van der Waals surface area contributed by atoms with Crippen molar-refractivity contribution < 1.29 is 27.2 Å². The third-order valence-corrected chi connectivity index (χ3v) is 6.96. The molecule has 0 unspecified atom stereocenters. The van der Waals surface area contributed by atoms with Crippen LogP contribution in [0.1, 0.15) is 24.0 Å². The molecule has 1 N–H and O–H groups in total. The molecular weight excluding hydrogens is 468 g/mol. The van der Waals surface area contributed by atoms with Crippen molar-refractivity contribution in [2.24, 2.45) is 0 Å². The van der Waals surface area contributed by atoms with Gasteiger partial charge < -0.3 is 9.15 Å². The lowest BCUT2D eigenvalue weighted by Crippen LogP contribution is -2.24. The Kier molecular flexibility index (Phi) is 6.72. The van der Waals surface area contributed by atoms with Crippen LogP contribution in [-0.4, -0.2) is 27.4 Å². The summed E-state index contributed by atoms with van der Waals surface area (Å²) in [5, 5.41) is 0. The molecule has 0 fully saturated rings. The standard InChI is InChI=1S/C26H24N2O6S/c1-17-9-11-19(12-10-17)28-18(2)24(26(30)33-3)23(25(28)29)15-20-13-14-21(34-20)16-27-35(31,32)22-7-5-4-6-8-22/h4-15,27H,16H2,1-3H3/b23-15+. The molecule has 1 amide bonds. The van der Waals surface area contributed by atoms with E-state index in [-0.39, 0.29) is 22.6 Å². The predicted molar refractivity (Wildman–Crippen MR) is 131 cm³/mol. The highest BCUT2D eigenvalue weighted by Crippen LogP contribution is 2.35. The van der Waals surface area contributed by atoms with Crippen LogP contribution in [0.4, 0.5) is 5.69 Å². The van der Waals surface area contributed by atoms with Gasteiger partial charge in [0.15, 0.2) is 0 Å². The highest BCUT2D eigenvalue weighted by atomic mass is 32.2. The number of hydrogen-bond acceptors (Lipinski definition) is 6. The van der Waals surface area contributed by atoms with Gasteiger partial charge in [0, 0.05) is 11.4 Å². The van der Waals surface area contributed by atoms with Crippen LogP contribution < -0.4 is 9.62 Å². The lowest BCUT2D eigenvalue weighted by Gasteiger charge is -2.18. The van der Waals surface area contributed by atoms with E-state index >= 15 is 0 Å². The number of methoxy groups -OCH3 is 1. The minimum absolute atomic E-state index is 0.0808. The molecule has 0 saturated heterocycles. The number of aryl methyl sites for hydroxylation is 1. The molecule has 1 aliphatic heterocycles. The van der Waals surface area contributed by atoms with Crippen LogP contribution in [0.15, 0.2) is 92.9 Å². The number of anilines is 1. The van der Waals surface area contributed by atoms with E-state index in [2.05, 4.69) is 4.72 Å². The molecule has 0 atom stereocenters. The molecule has 8 nitrogen and oxygen atoms in total. The topological polar surface area (TPSA) is 106 Å². The Balaban J connectivity index is 1.60. The number of ether oxygens (including phenoxy) is 1. The summed E-state index contributed by atoms with van der Waals surface area (Å²) in [6.45, 7) is 3.54. The number of rotatable bonds is 7. The Morgan fingerprint density at radius 3 is 2.37 bits per heavy atom. The van der Waals surface area contributed by atoms with Crippen LogP contribution in [-0.2, 0) is 30.9 Å². The first-order chi connectivity index (χ1) is 16.7. The van der Waals surface area contributed by atoms with E-state index in [9.17, 15) is 18.0 Å². The number of carbonyl (C=O) groups excluding carboxylic acids is 2. The van der Waals surface area contributed by atoms with Gasteiger partial charge in [-0.1, -0.05) is 35.9 Å². The second kappa shape index (κ2) is 9.73. The Morgan fingerprint density at radius 2 is 1.71 bits per heavy atom. The van der Waals surface area contributed by atoms with Crippen LogP contribution in [0.2, 0.25) is 0 Å². The van der Waals surface area contributed by atoms with Gasteiger partial charge in [0.05, 0.1) is 29.7 Å². The number of benzene rings is 2. The quantitative estimate of drug-likeness (QED) is 0.396. The van der Waals surface area contributed by atoms with Crippen LogP contribution in [0, 0.1) is 6.92 Å². The van der Waals surface area contributed by atoms with Crippen LogP contribution in [0.5, 0.6) is 0 Å². The van der Waals surface area contributed by atoms with E-state index in [1.165, 1.54) is 30.2 Å². The van der Waals surface area contributed by atoms with E-state index in [4.69, 9.17) is 9.15 Å². The third kappa shape index (κ3) is 4.96. The number of nitrogens with zero attached hydrogens (tertiary/aromatic N) is 1. The molecule has 2 aromatic carbocycles. The first-order valence-corrected chi connectivity index (χ1v) is 12.3. The maximum atomic E-state index is 13.3. The van der Waals surface area contributed by atoms with Crippen molar-refractivity contribution >= 4 is 33.7 Å². The van der Waals surface area contributed by atoms with Gasteiger partial charge in [-0.2, -0.15) is 0 Å². The predicted octanol–water partition coefficient (Wildman–Crippen LogP) is 3.94. The number of furan rings is 1. The van der Waals surface area contributed by atoms with E-state index in [1.54, 1.807) is 49.4 Å². The minimum atomic E-state index is -3.71. The zero-order valence-corrected chi connectivity index (χ0v) is 20.3. The number of amides is 1. The summed E-state index contributed by atoms with van der Waals surface area (Å²) >= 11 is 0. The zero-order valence-electron chi connectivity index (χ0n) is 19.4. The van der Waals surface area contributed by atoms with E-state index < -0.39 is 21.9 Å². The first-order valence-electron chi connectivity index (χ1n) is 10.8. The number of nitrogens with one attached hydrogen (secondary N) is 1. The fraction of sp³-hybridized carbons (Fsp3) is 0.154. The second-order valence-electron chi connectivity index (χ2n) is 7.93. The van der Waals surface area contributed by atoms with E-state index in [1.807, 2.05) is 19.1 Å². The summed E-state index contributed by atoms with van der Waals surface area (Å²) in [7, 11) is -2.45. The van der Waals surface area contributed by atoms with Gasteiger partial charge in [-0.25, -0.2) is 17.9 Å². The van der Waals surface area contributed by atoms with Crippen molar-refractivity contribution in [2.45, 2.75) is 25.3 Å². The van der Waals surface area contributed by atoms with E-state index in [0.717, 1.165) is 5.56 Å². The Labute approximate surface area is 203 Å². The largest absolute Gasteiger partial charge is 0.465 e. The maximum absolute atomic E-state index is 13.3. The van der Waals surface area contributed by atoms with Crippen molar-refractivity contribution in [2.75, 3.05) is 12.0 Å². The highest BCUT2D eigenvalue weighted by Gasteiger charge is 2.38. The van der Waals surface area contributed by atoms with Crippen LogP contribution in [0.25, 0.3) is 6.08 Å².